The maximum absolute atomic E-state index is 9.30. The average molecular weight is 262 g/mol. The fourth-order valence-corrected chi connectivity index (χ4v) is 2.52. The summed E-state index contributed by atoms with van der Waals surface area (Å²) in [7, 11) is 0. The molecule has 1 unspecified atom stereocenters. The van der Waals surface area contributed by atoms with Crippen molar-refractivity contribution >= 4 is 0 Å². The van der Waals surface area contributed by atoms with Crippen LogP contribution in [0.25, 0.3) is 0 Å². The Morgan fingerprint density at radius 1 is 1.11 bits per heavy atom. The highest BCUT2D eigenvalue weighted by molar-refractivity contribution is 5.25. The van der Waals surface area contributed by atoms with Gasteiger partial charge in [0.05, 0.1) is 0 Å². The Hall–Kier alpha value is -0.980. The van der Waals surface area contributed by atoms with Crippen molar-refractivity contribution in [3.8, 4) is 5.75 Å². The highest BCUT2D eigenvalue weighted by Crippen LogP contribution is 2.34. The number of rotatable bonds is 8. The standard InChI is InChI=1S/C18H30O/c1-5-18(4,13-6-7-15(2)3)14-12-16-8-10-17(19)11-9-16/h8-11,15,19H,5-7,12-14H2,1-4H3. The summed E-state index contributed by atoms with van der Waals surface area (Å²) in [4.78, 5) is 0. The maximum Gasteiger partial charge on any atom is 0.115 e. The molecule has 1 heteroatoms. The van der Waals surface area contributed by atoms with Crippen molar-refractivity contribution in [3.05, 3.63) is 29.8 Å². The molecule has 0 saturated heterocycles. The summed E-state index contributed by atoms with van der Waals surface area (Å²) >= 11 is 0. The Morgan fingerprint density at radius 2 is 1.74 bits per heavy atom. The topological polar surface area (TPSA) is 20.2 Å². The van der Waals surface area contributed by atoms with Crippen molar-refractivity contribution in [2.45, 2.75) is 66.2 Å². The highest BCUT2D eigenvalue weighted by atomic mass is 16.3. The molecule has 0 saturated carbocycles. The van der Waals surface area contributed by atoms with Gasteiger partial charge in [-0.3, -0.25) is 0 Å². The Kier molecular flexibility index (Phi) is 6.41. The van der Waals surface area contributed by atoms with Crippen molar-refractivity contribution in [2.24, 2.45) is 11.3 Å². The van der Waals surface area contributed by atoms with Gasteiger partial charge in [-0.1, -0.05) is 59.1 Å². The minimum Gasteiger partial charge on any atom is -0.508 e. The van der Waals surface area contributed by atoms with Crippen LogP contribution in [0.3, 0.4) is 0 Å². The van der Waals surface area contributed by atoms with E-state index in [1.165, 1.54) is 37.7 Å². The van der Waals surface area contributed by atoms with Crippen LogP contribution in [0.4, 0.5) is 0 Å². The molecule has 0 aliphatic heterocycles. The molecule has 1 nitrogen and oxygen atoms in total. The lowest BCUT2D eigenvalue weighted by atomic mass is 9.77. The van der Waals surface area contributed by atoms with E-state index in [1.807, 2.05) is 12.1 Å². The van der Waals surface area contributed by atoms with Gasteiger partial charge in [-0.2, -0.15) is 0 Å². The van der Waals surface area contributed by atoms with E-state index in [1.54, 1.807) is 12.1 Å². The molecule has 0 aromatic heterocycles. The average Bonchev–Trinajstić information content (AvgIpc) is 2.38. The number of benzene rings is 1. The van der Waals surface area contributed by atoms with Gasteiger partial charge in [-0.25, -0.2) is 0 Å². The van der Waals surface area contributed by atoms with E-state index in [0.29, 0.717) is 11.2 Å². The first kappa shape index (κ1) is 16.1. The smallest absolute Gasteiger partial charge is 0.115 e. The van der Waals surface area contributed by atoms with E-state index in [-0.39, 0.29) is 0 Å². The fraction of sp³-hybridized carbons (Fsp3) is 0.667. The third kappa shape index (κ3) is 6.13. The molecule has 1 aromatic carbocycles. The number of aromatic hydroxyl groups is 1. The van der Waals surface area contributed by atoms with Gasteiger partial charge in [-0.15, -0.1) is 0 Å². The summed E-state index contributed by atoms with van der Waals surface area (Å²) in [5, 5.41) is 9.30. The van der Waals surface area contributed by atoms with E-state index in [0.717, 1.165) is 12.3 Å². The second-order valence-electron chi connectivity index (χ2n) is 6.62. The summed E-state index contributed by atoms with van der Waals surface area (Å²) < 4.78 is 0. The van der Waals surface area contributed by atoms with Crippen LogP contribution in [0.15, 0.2) is 24.3 Å². The molecular weight excluding hydrogens is 232 g/mol. The van der Waals surface area contributed by atoms with Crippen LogP contribution in [0, 0.1) is 11.3 Å². The maximum atomic E-state index is 9.30. The predicted molar refractivity (Wildman–Crippen MR) is 83.5 cm³/mol. The Morgan fingerprint density at radius 3 is 2.26 bits per heavy atom. The Bertz CT molecular complexity index is 352. The van der Waals surface area contributed by atoms with Crippen LogP contribution in [-0.2, 0) is 6.42 Å². The summed E-state index contributed by atoms with van der Waals surface area (Å²) in [6.07, 6.45) is 7.63. The lowest BCUT2D eigenvalue weighted by Crippen LogP contribution is -2.16. The molecule has 0 fully saturated rings. The Labute approximate surface area is 119 Å². The number of hydrogen-bond donors (Lipinski definition) is 1. The van der Waals surface area contributed by atoms with Gasteiger partial charge in [0.2, 0.25) is 0 Å². The van der Waals surface area contributed by atoms with Crippen LogP contribution in [0.2, 0.25) is 0 Å². The SMILES string of the molecule is CCC(C)(CCCC(C)C)CCc1ccc(O)cc1. The van der Waals surface area contributed by atoms with Crippen LogP contribution in [-0.4, -0.2) is 5.11 Å². The predicted octanol–water partition coefficient (Wildman–Crippen LogP) is 5.57. The summed E-state index contributed by atoms with van der Waals surface area (Å²) in [5.41, 5.74) is 1.80. The third-order valence-corrected chi connectivity index (χ3v) is 4.37. The van der Waals surface area contributed by atoms with E-state index < -0.39 is 0 Å². The fourth-order valence-electron chi connectivity index (χ4n) is 2.52. The largest absolute Gasteiger partial charge is 0.508 e. The third-order valence-electron chi connectivity index (χ3n) is 4.37. The van der Waals surface area contributed by atoms with Gasteiger partial charge in [0.25, 0.3) is 0 Å². The second-order valence-corrected chi connectivity index (χ2v) is 6.62. The monoisotopic (exact) mass is 262 g/mol. The molecular formula is C18H30O. The van der Waals surface area contributed by atoms with Crippen LogP contribution in [0.1, 0.15) is 65.4 Å². The zero-order valence-corrected chi connectivity index (χ0v) is 13.1. The summed E-state index contributed by atoms with van der Waals surface area (Å²) in [5.74, 6) is 1.18. The lowest BCUT2D eigenvalue weighted by molar-refractivity contribution is 0.247. The second kappa shape index (κ2) is 7.57. The molecule has 0 radical (unpaired) electrons. The van der Waals surface area contributed by atoms with Crippen molar-refractivity contribution in [1.29, 1.82) is 0 Å². The number of aryl methyl sites for hydroxylation is 1. The molecule has 0 aliphatic rings. The molecule has 0 amide bonds. The van der Waals surface area contributed by atoms with Gasteiger partial charge in [0.1, 0.15) is 5.75 Å². The molecule has 1 atom stereocenters. The van der Waals surface area contributed by atoms with E-state index in [2.05, 4.69) is 27.7 Å². The van der Waals surface area contributed by atoms with Crippen LogP contribution >= 0.6 is 0 Å². The molecule has 0 spiro atoms. The summed E-state index contributed by atoms with van der Waals surface area (Å²) in [6.45, 7) is 9.35. The normalized spacial score (nSPS) is 14.6. The van der Waals surface area contributed by atoms with E-state index in [9.17, 15) is 5.11 Å². The minimum absolute atomic E-state index is 0.360. The molecule has 1 aromatic rings. The first-order valence-electron chi connectivity index (χ1n) is 7.73. The van der Waals surface area contributed by atoms with Crippen molar-refractivity contribution < 1.29 is 5.11 Å². The molecule has 1 rings (SSSR count). The van der Waals surface area contributed by atoms with E-state index in [4.69, 9.17) is 0 Å². The number of phenols is 1. The molecule has 1 N–H and O–H groups in total. The van der Waals surface area contributed by atoms with Gasteiger partial charge < -0.3 is 5.11 Å². The number of phenolic OH excluding ortho intramolecular Hbond substituents is 1. The van der Waals surface area contributed by atoms with Gasteiger partial charge in [0, 0.05) is 0 Å². The highest BCUT2D eigenvalue weighted by Gasteiger charge is 2.21. The molecule has 0 bridgehead atoms. The molecule has 19 heavy (non-hydrogen) atoms. The van der Waals surface area contributed by atoms with Crippen LogP contribution in [0.5, 0.6) is 5.75 Å². The summed E-state index contributed by atoms with van der Waals surface area (Å²) in [6, 6.07) is 7.66. The first-order chi connectivity index (χ1) is 8.95. The van der Waals surface area contributed by atoms with Crippen molar-refractivity contribution in [2.75, 3.05) is 0 Å². The lowest BCUT2D eigenvalue weighted by Gasteiger charge is -2.29. The minimum atomic E-state index is 0.360. The van der Waals surface area contributed by atoms with Gasteiger partial charge in [-0.05, 0) is 48.3 Å². The van der Waals surface area contributed by atoms with E-state index >= 15 is 0 Å². The van der Waals surface area contributed by atoms with Gasteiger partial charge >= 0.3 is 0 Å². The zero-order valence-electron chi connectivity index (χ0n) is 13.1. The quantitative estimate of drug-likeness (QED) is 0.649. The zero-order chi connectivity index (χ0) is 14.3. The molecule has 0 heterocycles. The molecule has 0 aliphatic carbocycles. The molecule has 108 valence electrons. The first-order valence-corrected chi connectivity index (χ1v) is 7.73. The van der Waals surface area contributed by atoms with Crippen molar-refractivity contribution in [3.63, 3.8) is 0 Å². The Balaban J connectivity index is 2.44. The van der Waals surface area contributed by atoms with Crippen LogP contribution < -0.4 is 0 Å². The number of hydrogen-bond acceptors (Lipinski definition) is 1. The van der Waals surface area contributed by atoms with Crippen molar-refractivity contribution in [1.82, 2.24) is 0 Å². The van der Waals surface area contributed by atoms with Gasteiger partial charge in [0.15, 0.2) is 0 Å².